The van der Waals surface area contributed by atoms with Gasteiger partial charge in [0.05, 0.1) is 11.8 Å². The third-order valence-corrected chi connectivity index (χ3v) is 2.87. The van der Waals surface area contributed by atoms with Crippen LogP contribution in [0.4, 0.5) is 23.7 Å². The average molecular weight is 310 g/mol. The van der Waals surface area contributed by atoms with Crippen molar-refractivity contribution < 1.29 is 23.1 Å². The first kappa shape index (κ1) is 15.8. The molecule has 2 rings (SSSR count). The van der Waals surface area contributed by atoms with E-state index >= 15 is 0 Å². The molecule has 0 fully saturated rings. The third kappa shape index (κ3) is 4.23. The monoisotopic (exact) mass is 310 g/mol. The lowest BCUT2D eigenvalue weighted by Gasteiger charge is -2.13. The van der Waals surface area contributed by atoms with Gasteiger partial charge in [-0.2, -0.15) is 0 Å². The van der Waals surface area contributed by atoms with Gasteiger partial charge in [-0.25, -0.2) is 18.0 Å². The number of carbonyl (C=O) groups excluding carboxylic acids is 1. The first-order valence-corrected chi connectivity index (χ1v) is 6.39. The molecule has 3 N–H and O–H groups in total. The van der Waals surface area contributed by atoms with Crippen molar-refractivity contribution in [2.24, 2.45) is 0 Å². The van der Waals surface area contributed by atoms with Crippen LogP contribution >= 0.6 is 0 Å². The molecule has 0 aliphatic carbocycles. The largest absolute Gasteiger partial charge is 0.387 e. The molecule has 2 amide bonds. The summed E-state index contributed by atoms with van der Waals surface area (Å²) >= 11 is 0. The number of nitrogens with one attached hydrogen (secondary N) is 2. The topological polar surface area (TPSA) is 61.4 Å². The molecule has 1 atom stereocenters. The number of rotatable bonds is 4. The van der Waals surface area contributed by atoms with Gasteiger partial charge in [-0.05, 0) is 29.8 Å². The van der Waals surface area contributed by atoms with E-state index in [2.05, 4.69) is 10.6 Å². The van der Waals surface area contributed by atoms with Crippen molar-refractivity contribution in [2.45, 2.75) is 6.10 Å². The van der Waals surface area contributed by atoms with Crippen LogP contribution in [0.5, 0.6) is 0 Å². The van der Waals surface area contributed by atoms with E-state index < -0.39 is 29.6 Å². The molecule has 2 aromatic carbocycles. The summed E-state index contributed by atoms with van der Waals surface area (Å²) in [6.45, 7) is -0.196. The minimum Gasteiger partial charge on any atom is -0.387 e. The van der Waals surface area contributed by atoms with E-state index in [4.69, 9.17) is 0 Å². The van der Waals surface area contributed by atoms with Crippen LogP contribution in [-0.2, 0) is 0 Å². The Morgan fingerprint density at radius 3 is 2.50 bits per heavy atom. The molecular formula is C15H13F3N2O2. The van der Waals surface area contributed by atoms with E-state index in [-0.39, 0.29) is 12.2 Å². The molecule has 0 bridgehead atoms. The van der Waals surface area contributed by atoms with Gasteiger partial charge in [-0.1, -0.05) is 12.1 Å². The fraction of sp³-hybridized carbons (Fsp3) is 0.133. The highest BCUT2D eigenvalue weighted by molar-refractivity contribution is 5.89. The average Bonchev–Trinajstić information content (AvgIpc) is 2.47. The second kappa shape index (κ2) is 6.95. The Hall–Kier alpha value is -2.54. The number of aliphatic hydroxyl groups is 1. The van der Waals surface area contributed by atoms with Crippen molar-refractivity contribution in [3.8, 4) is 0 Å². The lowest BCUT2D eigenvalue weighted by Crippen LogP contribution is -2.32. The molecule has 0 aliphatic heterocycles. The Labute approximate surface area is 124 Å². The zero-order chi connectivity index (χ0) is 16.1. The fourth-order valence-corrected chi connectivity index (χ4v) is 1.78. The second-order valence-electron chi connectivity index (χ2n) is 4.53. The molecule has 4 nitrogen and oxygen atoms in total. The number of anilines is 1. The van der Waals surface area contributed by atoms with Gasteiger partial charge < -0.3 is 15.7 Å². The molecule has 0 saturated carbocycles. The van der Waals surface area contributed by atoms with Gasteiger partial charge in [-0.3, -0.25) is 0 Å². The van der Waals surface area contributed by atoms with Gasteiger partial charge in [0.25, 0.3) is 0 Å². The molecule has 0 unspecified atom stereocenters. The van der Waals surface area contributed by atoms with Gasteiger partial charge in [0, 0.05) is 12.6 Å². The summed E-state index contributed by atoms with van der Waals surface area (Å²) in [5, 5.41) is 14.3. The Kier molecular flexibility index (Phi) is 5.00. The van der Waals surface area contributed by atoms with Crippen molar-refractivity contribution in [2.75, 3.05) is 11.9 Å². The summed E-state index contributed by atoms with van der Waals surface area (Å²) in [4.78, 5) is 11.6. The van der Waals surface area contributed by atoms with Crippen molar-refractivity contribution in [3.63, 3.8) is 0 Å². The zero-order valence-corrected chi connectivity index (χ0v) is 11.3. The number of hydrogen-bond acceptors (Lipinski definition) is 2. The highest BCUT2D eigenvalue weighted by atomic mass is 19.1. The maximum Gasteiger partial charge on any atom is 0.319 e. The van der Waals surface area contributed by atoms with Gasteiger partial charge >= 0.3 is 6.03 Å². The molecule has 0 aliphatic rings. The number of aliphatic hydroxyl groups excluding tert-OH is 1. The van der Waals surface area contributed by atoms with Gasteiger partial charge in [-0.15, -0.1) is 0 Å². The molecule has 0 radical (unpaired) electrons. The molecule has 0 heterocycles. The number of carbonyl (C=O) groups is 1. The van der Waals surface area contributed by atoms with Crippen LogP contribution in [0.25, 0.3) is 0 Å². The normalized spacial score (nSPS) is 11.8. The first-order chi connectivity index (χ1) is 10.5. The SMILES string of the molecule is O=C(NC[C@@H](O)c1cccc(F)c1)Nc1ccc(F)cc1F. The Morgan fingerprint density at radius 1 is 1.09 bits per heavy atom. The highest BCUT2D eigenvalue weighted by Crippen LogP contribution is 2.15. The van der Waals surface area contributed by atoms with Crippen molar-refractivity contribution in [1.82, 2.24) is 5.32 Å². The Bertz CT molecular complexity index is 680. The van der Waals surface area contributed by atoms with Crippen LogP contribution in [0.3, 0.4) is 0 Å². The van der Waals surface area contributed by atoms with Gasteiger partial charge in [0.15, 0.2) is 0 Å². The summed E-state index contributed by atoms with van der Waals surface area (Å²) < 4.78 is 39.1. The molecular weight excluding hydrogens is 297 g/mol. The standard InChI is InChI=1S/C15H13F3N2O2/c16-10-3-1-2-9(6-10)14(21)8-19-15(22)20-13-5-4-11(17)7-12(13)18/h1-7,14,21H,8H2,(H2,19,20,22)/t14-/m1/s1. The van der Waals surface area contributed by atoms with E-state index in [1.807, 2.05) is 0 Å². The Morgan fingerprint density at radius 2 is 1.82 bits per heavy atom. The van der Waals surface area contributed by atoms with Crippen LogP contribution in [-0.4, -0.2) is 17.7 Å². The van der Waals surface area contributed by atoms with Crippen LogP contribution in [0.15, 0.2) is 42.5 Å². The lowest BCUT2D eigenvalue weighted by atomic mass is 10.1. The van der Waals surface area contributed by atoms with E-state index in [0.717, 1.165) is 18.2 Å². The van der Waals surface area contributed by atoms with Crippen molar-refractivity contribution >= 4 is 11.7 Å². The van der Waals surface area contributed by atoms with Crippen LogP contribution in [0.1, 0.15) is 11.7 Å². The summed E-state index contributed by atoms with van der Waals surface area (Å²) in [5.41, 5.74) is 0.104. The maximum atomic E-state index is 13.3. The van der Waals surface area contributed by atoms with E-state index in [0.29, 0.717) is 11.6 Å². The van der Waals surface area contributed by atoms with E-state index in [9.17, 15) is 23.1 Å². The van der Waals surface area contributed by atoms with Crippen LogP contribution < -0.4 is 10.6 Å². The Balaban J connectivity index is 1.90. The number of halogens is 3. The predicted octanol–water partition coefficient (Wildman–Crippen LogP) is 2.96. The van der Waals surface area contributed by atoms with Crippen molar-refractivity contribution in [1.29, 1.82) is 0 Å². The molecule has 7 heteroatoms. The summed E-state index contributed by atoms with van der Waals surface area (Å²) in [6, 6.07) is 7.25. The first-order valence-electron chi connectivity index (χ1n) is 6.39. The predicted molar refractivity (Wildman–Crippen MR) is 74.7 cm³/mol. The van der Waals surface area contributed by atoms with Crippen LogP contribution in [0, 0.1) is 17.5 Å². The van der Waals surface area contributed by atoms with Gasteiger partial charge in [0.2, 0.25) is 0 Å². The molecule has 116 valence electrons. The van der Waals surface area contributed by atoms with E-state index in [1.165, 1.54) is 18.2 Å². The molecule has 0 saturated heterocycles. The summed E-state index contributed by atoms with van der Waals surface area (Å²) in [7, 11) is 0. The molecule has 0 spiro atoms. The summed E-state index contributed by atoms with van der Waals surface area (Å²) in [5.74, 6) is -2.18. The molecule has 2 aromatic rings. The minimum atomic E-state index is -1.11. The number of benzene rings is 2. The minimum absolute atomic E-state index is 0.195. The van der Waals surface area contributed by atoms with E-state index in [1.54, 1.807) is 0 Å². The van der Waals surface area contributed by atoms with Gasteiger partial charge in [0.1, 0.15) is 17.5 Å². The third-order valence-electron chi connectivity index (χ3n) is 2.87. The highest BCUT2D eigenvalue weighted by Gasteiger charge is 2.12. The summed E-state index contributed by atoms with van der Waals surface area (Å²) in [6.07, 6.45) is -1.11. The number of hydrogen-bond donors (Lipinski definition) is 3. The van der Waals surface area contributed by atoms with Crippen LogP contribution in [0.2, 0.25) is 0 Å². The smallest absolute Gasteiger partial charge is 0.319 e. The zero-order valence-electron chi connectivity index (χ0n) is 11.3. The quantitative estimate of drug-likeness (QED) is 0.813. The maximum absolute atomic E-state index is 13.3. The molecule has 0 aromatic heterocycles. The second-order valence-corrected chi connectivity index (χ2v) is 4.53. The lowest BCUT2D eigenvalue weighted by molar-refractivity contribution is 0.174. The van der Waals surface area contributed by atoms with Crippen molar-refractivity contribution in [3.05, 3.63) is 65.5 Å². The fourth-order valence-electron chi connectivity index (χ4n) is 1.78. The number of amides is 2. The number of urea groups is 1. The molecule has 22 heavy (non-hydrogen) atoms.